The van der Waals surface area contributed by atoms with Gasteiger partial charge >= 0.3 is 0 Å². The van der Waals surface area contributed by atoms with E-state index in [1.807, 2.05) is 42.5 Å². The number of hydrogen-bond acceptors (Lipinski definition) is 6. The molecule has 7 nitrogen and oxygen atoms in total. The molecule has 144 valence electrons. The average molecular weight is 404 g/mol. The summed E-state index contributed by atoms with van der Waals surface area (Å²) in [6.45, 7) is 0.154. The van der Waals surface area contributed by atoms with Gasteiger partial charge in [-0.1, -0.05) is 24.3 Å². The maximum atomic E-state index is 12.6. The van der Waals surface area contributed by atoms with Crippen LogP contribution in [0.15, 0.2) is 48.5 Å². The number of nitrogens with zero attached hydrogens (tertiary/aromatic N) is 1. The van der Waals surface area contributed by atoms with Gasteiger partial charge in [-0.15, -0.1) is 11.3 Å². The molecule has 0 unspecified atom stereocenters. The van der Waals surface area contributed by atoms with Crippen LogP contribution in [0.3, 0.4) is 0 Å². The molecule has 4 aromatic rings. The van der Waals surface area contributed by atoms with Gasteiger partial charge < -0.3 is 20.5 Å². The van der Waals surface area contributed by atoms with Gasteiger partial charge in [-0.2, -0.15) is 5.10 Å². The number of rotatable bonds is 4. The first-order chi connectivity index (χ1) is 14.2. The molecule has 29 heavy (non-hydrogen) atoms. The van der Waals surface area contributed by atoms with Crippen molar-refractivity contribution in [3.63, 3.8) is 0 Å². The van der Waals surface area contributed by atoms with Crippen LogP contribution in [0.4, 0.5) is 10.7 Å². The van der Waals surface area contributed by atoms with Crippen molar-refractivity contribution in [3.05, 3.63) is 64.7 Å². The molecule has 1 aliphatic heterocycles. The topological polar surface area (TPSA) is 102 Å². The fourth-order valence-corrected chi connectivity index (χ4v) is 3.81. The number of aromatic nitrogens is 2. The van der Waals surface area contributed by atoms with E-state index in [4.69, 9.17) is 15.2 Å². The minimum absolute atomic E-state index is 0.154. The number of thiophene rings is 1. The number of hydrogen-bond donors (Lipinski definition) is 3. The second-order valence-corrected chi connectivity index (χ2v) is 7.55. The first kappa shape index (κ1) is 17.3. The van der Waals surface area contributed by atoms with Gasteiger partial charge in [0.05, 0.1) is 26.8 Å². The Morgan fingerprint density at radius 1 is 1.14 bits per heavy atom. The SMILES string of the molecule is Nc1ccc(C(=O)Nc2cc3c(cc2C=Cc2n[nH]c4ccccc24)OCO3)s1. The number of amides is 1. The minimum Gasteiger partial charge on any atom is -0.454 e. The van der Waals surface area contributed by atoms with Gasteiger partial charge in [0.2, 0.25) is 6.79 Å². The van der Waals surface area contributed by atoms with Crippen LogP contribution in [0.25, 0.3) is 23.1 Å². The number of fused-ring (bicyclic) bond motifs is 2. The van der Waals surface area contributed by atoms with E-state index in [1.165, 1.54) is 11.3 Å². The van der Waals surface area contributed by atoms with Crippen LogP contribution >= 0.6 is 11.3 Å². The van der Waals surface area contributed by atoms with Crippen molar-refractivity contribution in [2.75, 3.05) is 17.8 Å². The van der Waals surface area contributed by atoms with Crippen LogP contribution in [0, 0.1) is 0 Å². The van der Waals surface area contributed by atoms with Gasteiger partial charge in [0, 0.05) is 17.0 Å². The predicted molar refractivity (Wildman–Crippen MR) is 114 cm³/mol. The summed E-state index contributed by atoms with van der Waals surface area (Å²) in [5.74, 6) is 0.994. The Morgan fingerprint density at radius 2 is 1.97 bits per heavy atom. The fraction of sp³-hybridized carbons (Fsp3) is 0.0476. The average Bonchev–Trinajstić information content (AvgIpc) is 3.45. The van der Waals surface area contributed by atoms with Gasteiger partial charge in [-0.05, 0) is 30.3 Å². The molecular formula is C21H16N4O3S. The van der Waals surface area contributed by atoms with Crippen LogP contribution in [0.1, 0.15) is 20.9 Å². The quantitative estimate of drug-likeness (QED) is 0.469. The van der Waals surface area contributed by atoms with Crippen molar-refractivity contribution in [1.29, 1.82) is 0 Å². The maximum absolute atomic E-state index is 12.6. The molecule has 0 atom stereocenters. The third-order valence-corrected chi connectivity index (χ3v) is 5.48. The first-order valence-corrected chi connectivity index (χ1v) is 9.70. The van der Waals surface area contributed by atoms with Crippen LogP contribution < -0.4 is 20.5 Å². The standard InChI is InChI=1S/C21H16N4O3S/c22-20-8-7-19(29-20)21(26)23-16-10-18-17(27-11-28-18)9-12(16)5-6-15-13-3-1-2-4-14(13)24-25-15/h1-10H,11,22H2,(H,23,26)(H,24,25). The summed E-state index contributed by atoms with van der Waals surface area (Å²) in [7, 11) is 0. The van der Waals surface area contributed by atoms with Crippen molar-refractivity contribution in [2.24, 2.45) is 0 Å². The molecule has 2 aromatic carbocycles. The molecule has 2 aromatic heterocycles. The van der Waals surface area contributed by atoms with E-state index in [0.29, 0.717) is 27.1 Å². The van der Waals surface area contributed by atoms with Crippen LogP contribution in [0.5, 0.6) is 11.5 Å². The third-order valence-electron chi connectivity index (χ3n) is 4.56. The number of carbonyl (C=O) groups is 1. The number of nitrogens with two attached hydrogens (primary N) is 1. The van der Waals surface area contributed by atoms with Gasteiger partial charge in [-0.3, -0.25) is 9.89 Å². The summed E-state index contributed by atoms with van der Waals surface area (Å²) in [5.41, 5.74) is 8.90. The summed E-state index contributed by atoms with van der Waals surface area (Å²) in [5, 5.41) is 11.9. The van der Waals surface area contributed by atoms with Crippen molar-refractivity contribution in [1.82, 2.24) is 10.2 Å². The lowest BCUT2D eigenvalue weighted by molar-refractivity contribution is 0.103. The molecule has 1 amide bonds. The lowest BCUT2D eigenvalue weighted by Gasteiger charge is -2.09. The highest BCUT2D eigenvalue weighted by Gasteiger charge is 2.18. The Kier molecular flexibility index (Phi) is 4.18. The summed E-state index contributed by atoms with van der Waals surface area (Å²) in [4.78, 5) is 13.2. The number of nitrogen functional groups attached to an aromatic ring is 1. The second-order valence-electron chi connectivity index (χ2n) is 6.44. The minimum atomic E-state index is -0.231. The molecular weight excluding hydrogens is 388 g/mol. The molecule has 0 fully saturated rings. The lowest BCUT2D eigenvalue weighted by Crippen LogP contribution is -2.11. The lowest BCUT2D eigenvalue weighted by atomic mass is 10.1. The van der Waals surface area contributed by atoms with Gasteiger partial charge in [0.15, 0.2) is 11.5 Å². The normalized spacial score (nSPS) is 12.7. The molecule has 0 saturated heterocycles. The molecule has 0 bridgehead atoms. The van der Waals surface area contributed by atoms with E-state index in [0.717, 1.165) is 22.2 Å². The fourth-order valence-electron chi connectivity index (χ4n) is 3.14. The monoisotopic (exact) mass is 404 g/mol. The number of aromatic amines is 1. The van der Waals surface area contributed by atoms with Crippen molar-refractivity contribution < 1.29 is 14.3 Å². The molecule has 0 radical (unpaired) electrons. The van der Waals surface area contributed by atoms with E-state index in [2.05, 4.69) is 15.5 Å². The van der Waals surface area contributed by atoms with Crippen molar-refractivity contribution >= 4 is 51.0 Å². The number of anilines is 2. The predicted octanol–water partition coefficient (Wildman–Crippen LogP) is 4.36. The van der Waals surface area contributed by atoms with Crippen LogP contribution in [0.2, 0.25) is 0 Å². The molecule has 4 N–H and O–H groups in total. The van der Waals surface area contributed by atoms with Crippen LogP contribution in [-0.4, -0.2) is 22.9 Å². The summed E-state index contributed by atoms with van der Waals surface area (Å²) < 4.78 is 11.0. The van der Waals surface area contributed by atoms with Crippen molar-refractivity contribution in [2.45, 2.75) is 0 Å². The molecule has 3 heterocycles. The Labute approximate surface area is 169 Å². The number of H-pyrrole nitrogens is 1. The van der Waals surface area contributed by atoms with Gasteiger partial charge in [-0.25, -0.2) is 0 Å². The number of nitrogens with one attached hydrogen (secondary N) is 2. The smallest absolute Gasteiger partial charge is 0.265 e. The highest BCUT2D eigenvalue weighted by molar-refractivity contribution is 7.17. The molecule has 1 aliphatic rings. The molecule has 0 spiro atoms. The van der Waals surface area contributed by atoms with Gasteiger partial charge in [0.1, 0.15) is 0 Å². The number of benzene rings is 2. The van der Waals surface area contributed by atoms with E-state index in [1.54, 1.807) is 18.2 Å². The molecule has 8 heteroatoms. The Hall–Kier alpha value is -3.78. The Balaban J connectivity index is 1.50. The molecule has 5 rings (SSSR count). The summed E-state index contributed by atoms with van der Waals surface area (Å²) >= 11 is 1.24. The Bertz CT molecular complexity index is 1260. The van der Waals surface area contributed by atoms with Crippen LogP contribution in [-0.2, 0) is 0 Å². The van der Waals surface area contributed by atoms with E-state index in [-0.39, 0.29) is 12.7 Å². The third kappa shape index (κ3) is 3.30. The second kappa shape index (κ2) is 6.99. The zero-order valence-corrected chi connectivity index (χ0v) is 16.0. The van der Waals surface area contributed by atoms with E-state index in [9.17, 15) is 4.79 Å². The highest BCUT2D eigenvalue weighted by atomic mass is 32.1. The zero-order valence-electron chi connectivity index (χ0n) is 15.1. The largest absolute Gasteiger partial charge is 0.454 e. The number of para-hydroxylation sites is 1. The molecule has 0 aliphatic carbocycles. The van der Waals surface area contributed by atoms with E-state index < -0.39 is 0 Å². The summed E-state index contributed by atoms with van der Waals surface area (Å²) in [6.07, 6.45) is 3.79. The maximum Gasteiger partial charge on any atom is 0.265 e. The molecule has 0 saturated carbocycles. The Morgan fingerprint density at radius 3 is 2.79 bits per heavy atom. The summed E-state index contributed by atoms with van der Waals surface area (Å²) in [6, 6.07) is 14.9. The zero-order chi connectivity index (χ0) is 19.8. The number of carbonyl (C=O) groups excluding carboxylic acids is 1. The first-order valence-electron chi connectivity index (χ1n) is 8.89. The highest BCUT2D eigenvalue weighted by Crippen LogP contribution is 2.38. The van der Waals surface area contributed by atoms with Gasteiger partial charge in [0.25, 0.3) is 5.91 Å². The van der Waals surface area contributed by atoms with Crippen molar-refractivity contribution in [3.8, 4) is 11.5 Å². The number of ether oxygens (including phenoxy) is 2. The van der Waals surface area contributed by atoms with E-state index >= 15 is 0 Å².